The summed E-state index contributed by atoms with van der Waals surface area (Å²) in [6, 6.07) is 58.9. The number of benzene rings is 7. The summed E-state index contributed by atoms with van der Waals surface area (Å²) in [6.45, 7) is 32.1. The van der Waals surface area contributed by atoms with E-state index in [0.29, 0.717) is 121 Å². The molecule has 7 aliphatic heterocycles. The summed E-state index contributed by atoms with van der Waals surface area (Å²) < 4.78 is 101. The molecule has 8 aromatic rings. The number of ether oxygens (including phenoxy) is 10. The number of pyridine rings is 1. The molecular weight excluding hydrogens is 1640 g/mol. The molecule has 8 heterocycles. The molecule has 125 heavy (non-hydrogen) atoms. The minimum absolute atomic E-state index is 0.0344. The molecule has 0 N–H and O–H groups in total. The highest BCUT2D eigenvalue weighted by Crippen LogP contribution is 2.32. The molecule has 658 valence electrons. The van der Waals surface area contributed by atoms with Gasteiger partial charge in [0.1, 0.15) is 87.9 Å². The van der Waals surface area contributed by atoms with Crippen molar-refractivity contribution in [2.45, 2.75) is 52.5 Å². The molecule has 29 nitrogen and oxygen atoms in total. The lowest BCUT2D eigenvalue weighted by Gasteiger charge is -2.38. The SMILES string of the molecule is C=CC(=O)N1CC(Oc2ccc(OC)cc2)C1.C=CC(=O)N1CC(Oc2cccc(-c3ccccc3)c2)C1.C=CC(=O)N1CC(Oc2cccc(OC)c2)C1.C=CC(=O)N1CC(Oc2cccc(S(C)(=O)=O)c2)C1.C=CC(=O)N1CC(Oc2ccccc2OC)C1.C=CC(=O)N1CC(Oc2ccccc2S(C)(=O)=O)C1.C=CC(=O)N1CC(Oc2ccccn2)C1. The van der Waals surface area contributed by atoms with Crippen LogP contribution in [0.4, 0.5) is 0 Å². The molecule has 15 rings (SSSR count). The second-order valence-electron chi connectivity index (χ2n) is 28.8. The number of amides is 7. The second kappa shape index (κ2) is 46.3. The first-order valence-electron chi connectivity index (χ1n) is 39.7. The number of aromatic nitrogens is 1. The molecule has 7 aromatic carbocycles. The highest BCUT2D eigenvalue weighted by atomic mass is 32.2. The average molecular weight is 1750 g/mol. The number of nitrogens with zero attached hydrogens (tertiary/aromatic N) is 8. The second-order valence-corrected chi connectivity index (χ2v) is 32.8. The van der Waals surface area contributed by atoms with E-state index in [0.717, 1.165) is 46.8 Å². The monoisotopic (exact) mass is 1740 g/mol. The molecule has 0 radical (unpaired) electrons. The molecule has 0 saturated carbocycles. The van der Waals surface area contributed by atoms with Crippen molar-refractivity contribution in [2.24, 2.45) is 0 Å². The van der Waals surface area contributed by atoms with Crippen LogP contribution in [-0.4, -0.2) is 266 Å². The van der Waals surface area contributed by atoms with Gasteiger partial charge in [0.05, 0.1) is 118 Å². The van der Waals surface area contributed by atoms with E-state index in [-0.39, 0.29) is 93.9 Å². The maximum atomic E-state index is 11.6. The Morgan fingerprint density at radius 1 is 0.296 bits per heavy atom. The van der Waals surface area contributed by atoms with Gasteiger partial charge in [-0.2, -0.15) is 0 Å². The smallest absolute Gasteiger partial charge is 0.246 e. The van der Waals surface area contributed by atoms with E-state index in [9.17, 15) is 50.4 Å². The van der Waals surface area contributed by atoms with Gasteiger partial charge in [-0.05, 0) is 151 Å². The number of hydrogen-bond acceptors (Lipinski definition) is 22. The molecule has 0 aliphatic carbocycles. The van der Waals surface area contributed by atoms with Crippen molar-refractivity contribution in [3.8, 4) is 68.8 Å². The standard InChI is InChI=1S/C18H17NO2.2C13H15NO4S.3C13H15NO3.C11H12N2O2/c1-2-18(20)19-12-17(13-19)21-16-10-6-9-15(11-16)14-7-4-3-5-8-14;1-3-13(15)14-8-11(9-14)18-10-5-4-6-12(7-10)19(2,16)17;1-3-13(15)14-8-10(9-14)18-11-6-4-5-7-12(11)19(2,16)17;1-3-13(15)14-8-12(9-14)17-11-6-4-10(16-2)5-7-11;1-3-13(15)14-8-12(9-14)17-11-6-4-5-10(7-11)16-2;1-3-13(15)14-8-10(9-14)17-12-7-5-4-6-11(12)16-2;1-2-11(14)13-7-9(8-13)15-10-5-3-4-6-12-10/h2-11,17H,1,12-13H2;3-7,11H,1,8-9H2,2H3;3-7,10H,1,8-9H2,2H3;2*3-7,12H,1,8-9H2,2H3;3-7,10H,1,8-9H2,2H3;2-6,9H,1,7-8H2. The lowest BCUT2D eigenvalue weighted by Crippen LogP contribution is -2.55. The summed E-state index contributed by atoms with van der Waals surface area (Å²) in [4.78, 5) is 94.8. The molecule has 1 aromatic heterocycles. The van der Waals surface area contributed by atoms with E-state index >= 15 is 0 Å². The van der Waals surface area contributed by atoms with Crippen molar-refractivity contribution in [3.63, 3.8) is 0 Å². The highest BCUT2D eigenvalue weighted by molar-refractivity contribution is 7.91. The number of rotatable bonds is 27. The van der Waals surface area contributed by atoms with Gasteiger partial charge < -0.3 is 81.7 Å². The molecule has 7 aliphatic rings. The Bertz CT molecular complexity index is 5290. The zero-order valence-electron chi connectivity index (χ0n) is 70.5. The van der Waals surface area contributed by atoms with Crippen molar-refractivity contribution < 1.29 is 97.8 Å². The van der Waals surface area contributed by atoms with E-state index in [4.69, 9.17) is 47.4 Å². The number of likely N-dealkylation sites (tertiary alicyclic amines) is 7. The van der Waals surface area contributed by atoms with Gasteiger partial charge in [-0.25, -0.2) is 21.8 Å². The fourth-order valence-electron chi connectivity index (χ4n) is 12.5. The number of carbonyl (C=O) groups excluding carboxylic acids is 7. The molecular formula is C94H104N8O21S2. The van der Waals surface area contributed by atoms with Crippen molar-refractivity contribution >= 4 is 61.0 Å². The van der Waals surface area contributed by atoms with Crippen LogP contribution in [-0.2, 0) is 53.2 Å². The Hall–Kier alpha value is -13.9. The first kappa shape index (κ1) is 94.9. The number of carbonyl (C=O) groups is 7. The molecule has 0 spiro atoms. The van der Waals surface area contributed by atoms with Crippen LogP contribution in [0.5, 0.6) is 57.6 Å². The highest BCUT2D eigenvalue weighted by Gasteiger charge is 2.37. The van der Waals surface area contributed by atoms with Crippen molar-refractivity contribution in [1.29, 1.82) is 0 Å². The van der Waals surface area contributed by atoms with Crippen molar-refractivity contribution in [2.75, 3.05) is 125 Å². The number of sulfone groups is 2. The van der Waals surface area contributed by atoms with Gasteiger partial charge in [0.25, 0.3) is 0 Å². The summed E-state index contributed by atoms with van der Waals surface area (Å²) >= 11 is 0. The normalized spacial score (nSPS) is 15.2. The van der Waals surface area contributed by atoms with Crippen LogP contribution in [0, 0.1) is 0 Å². The lowest BCUT2D eigenvalue weighted by atomic mass is 10.1. The minimum atomic E-state index is -3.32. The first-order chi connectivity index (χ1) is 60.1. The van der Waals surface area contributed by atoms with Crippen LogP contribution in [0.25, 0.3) is 11.1 Å². The minimum Gasteiger partial charge on any atom is -0.497 e. The van der Waals surface area contributed by atoms with Gasteiger partial charge in [-0.1, -0.05) is 131 Å². The lowest BCUT2D eigenvalue weighted by molar-refractivity contribution is -0.135. The van der Waals surface area contributed by atoms with Crippen LogP contribution in [0.2, 0.25) is 0 Å². The predicted molar refractivity (Wildman–Crippen MR) is 473 cm³/mol. The number of hydrogen-bond donors (Lipinski definition) is 0. The van der Waals surface area contributed by atoms with Crippen LogP contribution in [0.1, 0.15) is 0 Å². The van der Waals surface area contributed by atoms with Crippen molar-refractivity contribution in [3.05, 3.63) is 289 Å². The maximum Gasteiger partial charge on any atom is 0.246 e. The average Bonchev–Trinajstić information content (AvgIpc) is 0.758. The Kier molecular flexibility index (Phi) is 35.2. The van der Waals surface area contributed by atoms with Crippen LogP contribution < -0.4 is 47.4 Å². The van der Waals surface area contributed by atoms with E-state index in [2.05, 4.69) is 69.2 Å². The Morgan fingerprint density at radius 2 is 0.616 bits per heavy atom. The van der Waals surface area contributed by atoms with Gasteiger partial charge in [-0.3, -0.25) is 33.6 Å². The predicted octanol–water partition coefficient (Wildman–Crippen LogP) is 10.1. The first-order valence-corrected chi connectivity index (χ1v) is 43.5. The zero-order chi connectivity index (χ0) is 90.2. The van der Waals surface area contributed by atoms with Crippen LogP contribution >= 0.6 is 0 Å². The summed E-state index contributed by atoms with van der Waals surface area (Å²) in [6.07, 6.45) is 13.1. The number of methoxy groups -OCH3 is 3. The van der Waals surface area contributed by atoms with Gasteiger partial charge >= 0.3 is 0 Å². The quantitative estimate of drug-likeness (QED) is 0.0432. The third-order valence-electron chi connectivity index (χ3n) is 19.7. The van der Waals surface area contributed by atoms with Gasteiger partial charge in [0, 0.05) is 30.8 Å². The molecule has 0 bridgehead atoms. The molecule has 7 amide bonds. The topological polar surface area (TPSA) is 316 Å². The van der Waals surface area contributed by atoms with E-state index in [1.54, 1.807) is 98.2 Å². The molecule has 7 fully saturated rings. The van der Waals surface area contributed by atoms with E-state index < -0.39 is 19.7 Å². The fraction of sp³-hybridized carbons (Fsp3) is 0.277. The van der Waals surface area contributed by atoms with Crippen molar-refractivity contribution in [1.82, 2.24) is 39.3 Å². The maximum absolute atomic E-state index is 11.6. The molecule has 0 unspecified atom stereocenters. The van der Waals surface area contributed by atoms with Gasteiger partial charge in [0.2, 0.25) is 47.2 Å². The Labute approximate surface area is 729 Å². The third-order valence-corrected chi connectivity index (χ3v) is 21.9. The number of para-hydroxylation sites is 3. The van der Waals surface area contributed by atoms with E-state index in [1.165, 1.54) is 66.3 Å². The Morgan fingerprint density at radius 3 is 1.01 bits per heavy atom. The Balaban J connectivity index is 0.000000165. The fourth-order valence-corrected chi connectivity index (χ4v) is 14.0. The molecule has 0 atom stereocenters. The zero-order valence-corrected chi connectivity index (χ0v) is 72.1. The van der Waals surface area contributed by atoms with E-state index in [1.807, 2.05) is 121 Å². The van der Waals surface area contributed by atoms with Gasteiger partial charge in [0.15, 0.2) is 31.2 Å². The summed E-state index contributed by atoms with van der Waals surface area (Å²) in [7, 11) is -1.70. The summed E-state index contributed by atoms with van der Waals surface area (Å²) in [5, 5.41) is 0. The summed E-state index contributed by atoms with van der Waals surface area (Å²) in [5.74, 6) is 6.34. The summed E-state index contributed by atoms with van der Waals surface area (Å²) in [5.41, 5.74) is 2.30. The third kappa shape index (κ3) is 28.6. The largest absolute Gasteiger partial charge is 0.497 e. The van der Waals surface area contributed by atoms with Gasteiger partial charge in [-0.15, -0.1) is 0 Å². The molecule has 31 heteroatoms. The molecule has 7 saturated heterocycles. The van der Waals surface area contributed by atoms with Crippen LogP contribution in [0.15, 0.2) is 299 Å². The van der Waals surface area contributed by atoms with Crippen LogP contribution in [0.3, 0.4) is 0 Å².